The Hall–Kier alpha value is -1.81. The summed E-state index contributed by atoms with van der Waals surface area (Å²) in [6.07, 6.45) is 3.40. The molecule has 17 heavy (non-hydrogen) atoms. The maximum atomic E-state index is 9.08. The monoisotopic (exact) mass is 232 g/mol. The van der Waals surface area contributed by atoms with E-state index in [-0.39, 0.29) is 6.61 Å². The predicted molar refractivity (Wildman–Crippen MR) is 65.7 cm³/mol. The summed E-state index contributed by atoms with van der Waals surface area (Å²) in [5, 5.41) is 9.08. The van der Waals surface area contributed by atoms with Crippen LogP contribution in [-0.2, 0) is 13.2 Å². The van der Waals surface area contributed by atoms with E-state index in [0.29, 0.717) is 0 Å². The number of anilines is 1. The number of furan rings is 1. The van der Waals surface area contributed by atoms with E-state index in [4.69, 9.17) is 9.52 Å². The molecule has 0 aliphatic carbocycles. The average Bonchev–Trinajstić information content (AvgIpc) is 2.75. The van der Waals surface area contributed by atoms with Gasteiger partial charge in [-0.15, -0.1) is 0 Å². The van der Waals surface area contributed by atoms with Crippen molar-refractivity contribution in [1.29, 1.82) is 0 Å². The fourth-order valence-electron chi connectivity index (χ4n) is 1.68. The number of aliphatic hydroxyl groups excluding tert-OH is 1. The van der Waals surface area contributed by atoms with Crippen LogP contribution in [0.5, 0.6) is 0 Å². The summed E-state index contributed by atoms with van der Waals surface area (Å²) in [5.41, 5.74) is 2.01. The van der Waals surface area contributed by atoms with Gasteiger partial charge in [-0.3, -0.25) is 0 Å². The van der Waals surface area contributed by atoms with Gasteiger partial charge >= 0.3 is 0 Å². The van der Waals surface area contributed by atoms with Crippen LogP contribution in [0.15, 0.2) is 35.1 Å². The summed E-state index contributed by atoms with van der Waals surface area (Å²) in [6, 6.07) is 5.65. The number of hydrogen-bond donors (Lipinski definition) is 1. The number of aliphatic hydroxyl groups is 1. The van der Waals surface area contributed by atoms with Crippen LogP contribution in [0.25, 0.3) is 0 Å². The molecule has 0 aromatic carbocycles. The number of aromatic nitrogens is 1. The molecular formula is C13H16N2O2. The Labute approximate surface area is 101 Å². The van der Waals surface area contributed by atoms with Crippen molar-refractivity contribution < 1.29 is 9.52 Å². The Balaban J connectivity index is 2.14. The molecular weight excluding hydrogens is 216 g/mol. The van der Waals surface area contributed by atoms with Gasteiger partial charge in [0, 0.05) is 25.4 Å². The lowest BCUT2D eigenvalue weighted by Crippen LogP contribution is -2.17. The molecule has 2 heterocycles. The van der Waals surface area contributed by atoms with Crippen LogP contribution in [0.1, 0.15) is 16.9 Å². The Morgan fingerprint density at radius 3 is 2.88 bits per heavy atom. The lowest BCUT2D eigenvalue weighted by Gasteiger charge is -2.18. The summed E-state index contributed by atoms with van der Waals surface area (Å²) in [4.78, 5) is 6.31. The van der Waals surface area contributed by atoms with E-state index in [1.807, 2.05) is 31.0 Å². The molecule has 0 aliphatic rings. The SMILES string of the molecule is Cc1occc1CN(C)c1cc(CO)ccn1. The molecule has 0 bridgehead atoms. The normalized spacial score (nSPS) is 10.5. The van der Waals surface area contributed by atoms with Crippen LogP contribution in [0.2, 0.25) is 0 Å². The van der Waals surface area contributed by atoms with Gasteiger partial charge < -0.3 is 14.4 Å². The molecule has 0 unspecified atom stereocenters. The summed E-state index contributed by atoms with van der Waals surface area (Å²) >= 11 is 0. The molecule has 0 aliphatic heterocycles. The first kappa shape index (κ1) is 11.7. The van der Waals surface area contributed by atoms with Gasteiger partial charge in [0.1, 0.15) is 11.6 Å². The minimum Gasteiger partial charge on any atom is -0.469 e. The largest absolute Gasteiger partial charge is 0.469 e. The Morgan fingerprint density at radius 1 is 1.41 bits per heavy atom. The van der Waals surface area contributed by atoms with Crippen LogP contribution in [0.3, 0.4) is 0 Å². The number of nitrogens with zero attached hydrogens (tertiary/aromatic N) is 2. The van der Waals surface area contributed by atoms with Gasteiger partial charge in [-0.2, -0.15) is 0 Å². The molecule has 0 amide bonds. The van der Waals surface area contributed by atoms with Crippen LogP contribution in [0, 0.1) is 6.92 Å². The first-order valence-electron chi connectivity index (χ1n) is 5.50. The zero-order chi connectivity index (χ0) is 12.3. The van der Waals surface area contributed by atoms with Crippen molar-refractivity contribution in [2.45, 2.75) is 20.1 Å². The van der Waals surface area contributed by atoms with Gasteiger partial charge in [0.05, 0.1) is 12.9 Å². The second kappa shape index (κ2) is 5.01. The Bertz CT molecular complexity index is 494. The molecule has 0 saturated carbocycles. The number of hydrogen-bond acceptors (Lipinski definition) is 4. The maximum Gasteiger partial charge on any atom is 0.128 e. The van der Waals surface area contributed by atoms with Crippen LogP contribution in [0.4, 0.5) is 5.82 Å². The lowest BCUT2D eigenvalue weighted by molar-refractivity contribution is 0.281. The Kier molecular flexibility index (Phi) is 3.44. The predicted octanol–water partition coefficient (Wildman–Crippen LogP) is 2.11. The Morgan fingerprint density at radius 2 is 2.24 bits per heavy atom. The molecule has 90 valence electrons. The van der Waals surface area contributed by atoms with Crippen molar-refractivity contribution in [3.8, 4) is 0 Å². The molecule has 0 atom stereocenters. The van der Waals surface area contributed by atoms with Crippen LogP contribution < -0.4 is 4.90 Å². The molecule has 2 aromatic rings. The fraction of sp³-hybridized carbons (Fsp3) is 0.308. The molecule has 0 radical (unpaired) electrons. The molecule has 1 N–H and O–H groups in total. The van der Waals surface area contributed by atoms with Gasteiger partial charge in [-0.05, 0) is 30.7 Å². The lowest BCUT2D eigenvalue weighted by atomic mass is 10.2. The highest BCUT2D eigenvalue weighted by Crippen LogP contribution is 2.16. The highest BCUT2D eigenvalue weighted by atomic mass is 16.3. The van der Waals surface area contributed by atoms with E-state index in [0.717, 1.165) is 29.2 Å². The van der Waals surface area contributed by atoms with E-state index in [1.54, 1.807) is 18.5 Å². The van der Waals surface area contributed by atoms with E-state index < -0.39 is 0 Å². The molecule has 0 fully saturated rings. The fourth-order valence-corrected chi connectivity index (χ4v) is 1.68. The van der Waals surface area contributed by atoms with E-state index >= 15 is 0 Å². The standard InChI is InChI=1S/C13H16N2O2/c1-10-12(4-6-17-10)8-15(2)13-7-11(9-16)3-5-14-13/h3-7,16H,8-9H2,1-2H3. The summed E-state index contributed by atoms with van der Waals surface area (Å²) in [5.74, 6) is 1.77. The summed E-state index contributed by atoms with van der Waals surface area (Å²) in [7, 11) is 1.97. The summed E-state index contributed by atoms with van der Waals surface area (Å²) in [6.45, 7) is 2.72. The third-order valence-corrected chi connectivity index (χ3v) is 2.76. The van der Waals surface area contributed by atoms with Gasteiger partial charge in [0.15, 0.2) is 0 Å². The number of pyridine rings is 1. The smallest absolute Gasteiger partial charge is 0.128 e. The average molecular weight is 232 g/mol. The molecule has 2 aromatic heterocycles. The topological polar surface area (TPSA) is 49.5 Å². The van der Waals surface area contributed by atoms with Crippen LogP contribution >= 0.6 is 0 Å². The van der Waals surface area contributed by atoms with Gasteiger partial charge in [0.25, 0.3) is 0 Å². The van der Waals surface area contributed by atoms with Crippen molar-refractivity contribution in [1.82, 2.24) is 4.98 Å². The molecule has 0 spiro atoms. The third kappa shape index (κ3) is 2.65. The van der Waals surface area contributed by atoms with E-state index in [1.165, 1.54) is 0 Å². The van der Waals surface area contributed by atoms with Gasteiger partial charge in [-0.1, -0.05) is 0 Å². The molecule has 4 heteroatoms. The first-order chi connectivity index (χ1) is 8.20. The zero-order valence-corrected chi connectivity index (χ0v) is 10.1. The summed E-state index contributed by atoms with van der Waals surface area (Å²) < 4.78 is 5.26. The number of rotatable bonds is 4. The quantitative estimate of drug-likeness (QED) is 0.877. The highest BCUT2D eigenvalue weighted by Gasteiger charge is 2.07. The second-order valence-electron chi connectivity index (χ2n) is 4.04. The molecule has 4 nitrogen and oxygen atoms in total. The van der Waals surface area contributed by atoms with Gasteiger partial charge in [-0.25, -0.2) is 4.98 Å². The zero-order valence-electron chi connectivity index (χ0n) is 10.1. The van der Waals surface area contributed by atoms with E-state index in [9.17, 15) is 0 Å². The van der Waals surface area contributed by atoms with Crippen molar-refractivity contribution in [3.05, 3.63) is 47.5 Å². The minimum absolute atomic E-state index is 0.0358. The van der Waals surface area contributed by atoms with Crippen molar-refractivity contribution in [2.75, 3.05) is 11.9 Å². The van der Waals surface area contributed by atoms with Crippen molar-refractivity contribution in [2.24, 2.45) is 0 Å². The van der Waals surface area contributed by atoms with Crippen molar-refractivity contribution in [3.63, 3.8) is 0 Å². The first-order valence-corrected chi connectivity index (χ1v) is 5.50. The molecule has 0 saturated heterocycles. The maximum absolute atomic E-state index is 9.08. The molecule has 2 rings (SSSR count). The highest BCUT2D eigenvalue weighted by molar-refractivity contribution is 5.41. The minimum atomic E-state index is 0.0358. The van der Waals surface area contributed by atoms with Crippen molar-refractivity contribution >= 4 is 5.82 Å². The van der Waals surface area contributed by atoms with E-state index in [2.05, 4.69) is 4.98 Å². The second-order valence-corrected chi connectivity index (χ2v) is 4.04. The third-order valence-electron chi connectivity index (χ3n) is 2.76. The van der Waals surface area contributed by atoms with Crippen LogP contribution in [-0.4, -0.2) is 17.1 Å². The number of aryl methyl sites for hydroxylation is 1. The van der Waals surface area contributed by atoms with Gasteiger partial charge in [0.2, 0.25) is 0 Å².